The Morgan fingerprint density at radius 3 is 2.76 bits per heavy atom. The summed E-state index contributed by atoms with van der Waals surface area (Å²) < 4.78 is 14.1. The van der Waals surface area contributed by atoms with Gasteiger partial charge in [-0.3, -0.25) is 4.90 Å². The van der Waals surface area contributed by atoms with Gasteiger partial charge in [-0.2, -0.15) is 0 Å². The molecular formula is C13H18BrFN2. The minimum Gasteiger partial charge on any atom is -0.305 e. The summed E-state index contributed by atoms with van der Waals surface area (Å²) >= 11 is 3.33. The number of hydrogen-bond acceptors (Lipinski definition) is 2. The third-order valence-electron chi connectivity index (χ3n) is 3.31. The molecule has 1 aromatic rings. The molecule has 2 nitrogen and oxygen atoms in total. The third kappa shape index (κ3) is 3.50. The molecule has 0 N–H and O–H groups in total. The first-order chi connectivity index (χ1) is 8.04. The molecule has 1 unspecified atom stereocenters. The van der Waals surface area contributed by atoms with Crippen molar-refractivity contribution in [2.24, 2.45) is 0 Å². The number of halogens is 2. The first-order valence-electron chi connectivity index (χ1n) is 5.88. The van der Waals surface area contributed by atoms with Gasteiger partial charge in [-0.25, -0.2) is 4.39 Å². The Kier molecular flexibility index (Phi) is 4.17. The van der Waals surface area contributed by atoms with Crippen molar-refractivity contribution >= 4 is 15.9 Å². The lowest BCUT2D eigenvalue weighted by Gasteiger charge is -2.20. The quantitative estimate of drug-likeness (QED) is 0.847. The Morgan fingerprint density at radius 1 is 1.41 bits per heavy atom. The smallest absolute Gasteiger partial charge is 0.124 e. The molecule has 0 radical (unpaired) electrons. The van der Waals surface area contributed by atoms with Crippen LogP contribution in [0, 0.1) is 5.82 Å². The Bertz CT molecular complexity index is 375. The molecule has 2 rings (SSSR count). The Labute approximate surface area is 111 Å². The van der Waals surface area contributed by atoms with Gasteiger partial charge in [0.25, 0.3) is 0 Å². The molecule has 0 saturated carbocycles. The molecule has 94 valence electrons. The fourth-order valence-electron chi connectivity index (χ4n) is 2.34. The molecule has 4 heteroatoms. The third-order valence-corrected chi connectivity index (χ3v) is 3.76. The van der Waals surface area contributed by atoms with Crippen molar-refractivity contribution in [3.8, 4) is 0 Å². The van der Waals surface area contributed by atoms with E-state index in [0.29, 0.717) is 6.04 Å². The molecule has 0 amide bonds. The zero-order valence-electron chi connectivity index (χ0n) is 10.3. The summed E-state index contributed by atoms with van der Waals surface area (Å²) in [4.78, 5) is 4.65. The normalized spacial score (nSPS) is 21.4. The van der Waals surface area contributed by atoms with Gasteiger partial charge in [-0.05, 0) is 44.3 Å². The van der Waals surface area contributed by atoms with E-state index in [1.807, 2.05) is 6.07 Å². The van der Waals surface area contributed by atoms with E-state index in [1.54, 1.807) is 6.07 Å². The fourth-order valence-corrected chi connectivity index (χ4v) is 2.85. The molecule has 1 fully saturated rings. The Morgan fingerprint density at radius 2 is 2.18 bits per heavy atom. The van der Waals surface area contributed by atoms with E-state index in [1.165, 1.54) is 12.5 Å². The predicted molar refractivity (Wildman–Crippen MR) is 71.5 cm³/mol. The van der Waals surface area contributed by atoms with E-state index in [9.17, 15) is 4.39 Å². The number of nitrogens with zero attached hydrogens (tertiary/aromatic N) is 2. The van der Waals surface area contributed by atoms with E-state index in [-0.39, 0.29) is 5.82 Å². The summed E-state index contributed by atoms with van der Waals surface area (Å²) in [5.41, 5.74) is 1.04. The van der Waals surface area contributed by atoms with Crippen LogP contribution < -0.4 is 0 Å². The first-order valence-corrected chi connectivity index (χ1v) is 6.67. The average Bonchev–Trinajstić information content (AvgIpc) is 2.64. The first kappa shape index (κ1) is 13.0. The van der Waals surface area contributed by atoms with Crippen molar-refractivity contribution in [1.82, 2.24) is 9.80 Å². The van der Waals surface area contributed by atoms with Crippen molar-refractivity contribution in [2.45, 2.75) is 19.0 Å². The second-order valence-corrected chi connectivity index (χ2v) is 5.83. The summed E-state index contributed by atoms with van der Waals surface area (Å²) in [5, 5.41) is 0. The summed E-state index contributed by atoms with van der Waals surface area (Å²) in [6, 6.07) is 5.74. The van der Waals surface area contributed by atoms with Gasteiger partial charge >= 0.3 is 0 Å². The zero-order valence-corrected chi connectivity index (χ0v) is 11.9. The van der Waals surface area contributed by atoms with Gasteiger partial charge in [0.15, 0.2) is 0 Å². The molecule has 1 heterocycles. The van der Waals surface area contributed by atoms with Crippen LogP contribution in [0.15, 0.2) is 22.7 Å². The predicted octanol–water partition coefficient (Wildman–Crippen LogP) is 2.72. The molecule has 0 aromatic heterocycles. The van der Waals surface area contributed by atoms with Gasteiger partial charge in [0.2, 0.25) is 0 Å². The SMILES string of the molecule is CN(C)C1CCN(Cc2cc(F)cc(Br)c2)C1. The van der Waals surface area contributed by atoms with E-state index in [4.69, 9.17) is 0 Å². The summed E-state index contributed by atoms with van der Waals surface area (Å²) in [6.07, 6.45) is 1.20. The van der Waals surface area contributed by atoms with Crippen molar-refractivity contribution in [3.05, 3.63) is 34.1 Å². The second kappa shape index (κ2) is 5.46. The highest BCUT2D eigenvalue weighted by atomic mass is 79.9. The fraction of sp³-hybridized carbons (Fsp3) is 0.538. The number of likely N-dealkylation sites (N-methyl/N-ethyl adjacent to an activating group) is 1. The van der Waals surface area contributed by atoms with Crippen LogP contribution in [0.4, 0.5) is 4.39 Å². The van der Waals surface area contributed by atoms with Crippen molar-refractivity contribution in [1.29, 1.82) is 0 Å². The number of rotatable bonds is 3. The van der Waals surface area contributed by atoms with Crippen molar-refractivity contribution < 1.29 is 4.39 Å². The van der Waals surface area contributed by atoms with Gasteiger partial charge < -0.3 is 4.90 Å². The molecule has 17 heavy (non-hydrogen) atoms. The highest BCUT2D eigenvalue weighted by Gasteiger charge is 2.23. The maximum Gasteiger partial charge on any atom is 0.124 e. The molecule has 1 aliphatic rings. The van der Waals surface area contributed by atoms with Gasteiger partial charge in [0.05, 0.1) is 0 Å². The lowest BCUT2D eigenvalue weighted by atomic mass is 10.2. The minimum atomic E-state index is -0.169. The van der Waals surface area contributed by atoms with Gasteiger partial charge in [-0.1, -0.05) is 15.9 Å². The average molecular weight is 301 g/mol. The van der Waals surface area contributed by atoms with Gasteiger partial charge in [-0.15, -0.1) is 0 Å². The molecule has 1 saturated heterocycles. The van der Waals surface area contributed by atoms with Crippen LogP contribution >= 0.6 is 15.9 Å². The molecule has 1 aromatic carbocycles. The molecule has 0 aliphatic carbocycles. The van der Waals surface area contributed by atoms with Crippen molar-refractivity contribution in [3.63, 3.8) is 0 Å². The second-order valence-electron chi connectivity index (χ2n) is 4.92. The molecule has 1 aliphatic heterocycles. The van der Waals surface area contributed by atoms with E-state index >= 15 is 0 Å². The highest BCUT2D eigenvalue weighted by Crippen LogP contribution is 2.19. The Hall–Kier alpha value is -0.450. The number of benzene rings is 1. The summed E-state index contributed by atoms with van der Waals surface area (Å²) in [5.74, 6) is -0.169. The van der Waals surface area contributed by atoms with E-state index in [0.717, 1.165) is 29.7 Å². The number of likely N-dealkylation sites (tertiary alicyclic amines) is 1. The molecule has 1 atom stereocenters. The molecule has 0 spiro atoms. The van der Waals surface area contributed by atoms with Crippen LogP contribution in [-0.4, -0.2) is 43.0 Å². The largest absolute Gasteiger partial charge is 0.305 e. The summed E-state index contributed by atoms with van der Waals surface area (Å²) in [6.45, 7) is 3.00. The lowest BCUT2D eigenvalue weighted by molar-refractivity contribution is 0.264. The molecule has 0 bridgehead atoms. The topological polar surface area (TPSA) is 6.48 Å². The number of hydrogen-bond donors (Lipinski definition) is 0. The van der Waals surface area contributed by atoms with E-state index in [2.05, 4.69) is 39.8 Å². The van der Waals surface area contributed by atoms with Gasteiger partial charge in [0, 0.05) is 30.1 Å². The van der Waals surface area contributed by atoms with Crippen LogP contribution in [0.25, 0.3) is 0 Å². The minimum absolute atomic E-state index is 0.169. The van der Waals surface area contributed by atoms with E-state index < -0.39 is 0 Å². The van der Waals surface area contributed by atoms with Crippen LogP contribution in [0.3, 0.4) is 0 Å². The molecular weight excluding hydrogens is 283 g/mol. The van der Waals surface area contributed by atoms with Crippen molar-refractivity contribution in [2.75, 3.05) is 27.2 Å². The standard InChI is InChI=1S/C13H18BrFN2/c1-16(2)13-3-4-17(9-13)8-10-5-11(14)7-12(15)6-10/h5-7,13H,3-4,8-9H2,1-2H3. The van der Waals surface area contributed by atoms with Crippen LogP contribution in [0.1, 0.15) is 12.0 Å². The Balaban J connectivity index is 1.98. The van der Waals surface area contributed by atoms with Gasteiger partial charge in [0.1, 0.15) is 5.82 Å². The maximum atomic E-state index is 13.3. The van der Waals surface area contributed by atoms with Crippen LogP contribution in [0.5, 0.6) is 0 Å². The van der Waals surface area contributed by atoms with Crippen LogP contribution in [-0.2, 0) is 6.54 Å². The zero-order chi connectivity index (χ0) is 12.4. The van der Waals surface area contributed by atoms with Crippen LogP contribution in [0.2, 0.25) is 0 Å². The maximum absolute atomic E-state index is 13.3. The lowest BCUT2D eigenvalue weighted by Crippen LogP contribution is -2.31. The monoisotopic (exact) mass is 300 g/mol. The summed E-state index contributed by atoms with van der Waals surface area (Å²) in [7, 11) is 4.24. The highest BCUT2D eigenvalue weighted by molar-refractivity contribution is 9.10.